The number of nitrogens with two attached hydrogens (primary N) is 1. The van der Waals surface area contributed by atoms with Crippen molar-refractivity contribution in [1.82, 2.24) is 15.0 Å². The molecule has 2 N–H and O–H groups in total. The fraction of sp³-hybridized carbons (Fsp3) is 0.0667. The quantitative estimate of drug-likeness (QED) is 0.589. The molecule has 1 heterocycles. The summed E-state index contributed by atoms with van der Waals surface area (Å²) in [5, 5.41) is 19.0. The summed E-state index contributed by atoms with van der Waals surface area (Å²) in [5.74, 6) is -0.363. The van der Waals surface area contributed by atoms with E-state index in [0.717, 1.165) is 0 Å². The highest BCUT2D eigenvalue weighted by Gasteiger charge is 2.17. The molecule has 2 aromatic carbocycles. The van der Waals surface area contributed by atoms with E-state index < -0.39 is 4.92 Å². The lowest BCUT2D eigenvalue weighted by Crippen LogP contribution is -2.03. The van der Waals surface area contributed by atoms with Crippen LogP contribution in [0.4, 0.5) is 10.1 Å². The molecule has 0 aliphatic rings. The first-order valence-electron chi connectivity index (χ1n) is 6.75. The minimum atomic E-state index is -0.484. The first-order chi connectivity index (χ1) is 11.1. The smallest absolute Gasteiger partial charge is 0.271 e. The van der Waals surface area contributed by atoms with E-state index in [4.69, 9.17) is 5.73 Å². The third-order valence-electron chi connectivity index (χ3n) is 3.34. The first-order valence-corrected chi connectivity index (χ1v) is 6.75. The molecule has 0 spiro atoms. The summed E-state index contributed by atoms with van der Waals surface area (Å²) >= 11 is 0. The minimum absolute atomic E-state index is 0.0580. The van der Waals surface area contributed by atoms with Crippen LogP contribution in [-0.2, 0) is 6.54 Å². The molecule has 8 heteroatoms. The predicted octanol–water partition coefficient (Wildman–Crippen LogP) is 2.44. The van der Waals surface area contributed by atoms with Crippen LogP contribution in [0.3, 0.4) is 0 Å². The molecule has 0 amide bonds. The lowest BCUT2D eigenvalue weighted by Gasteiger charge is -2.08. The van der Waals surface area contributed by atoms with E-state index >= 15 is 0 Å². The molecule has 116 valence electrons. The van der Waals surface area contributed by atoms with Crippen molar-refractivity contribution >= 4 is 5.69 Å². The van der Waals surface area contributed by atoms with Crippen molar-refractivity contribution in [3.8, 4) is 16.9 Å². The van der Waals surface area contributed by atoms with Gasteiger partial charge in [0.15, 0.2) is 0 Å². The monoisotopic (exact) mass is 313 g/mol. The van der Waals surface area contributed by atoms with E-state index in [1.165, 1.54) is 28.9 Å². The zero-order valence-electron chi connectivity index (χ0n) is 11.9. The number of non-ortho nitro benzene ring substituents is 1. The van der Waals surface area contributed by atoms with Crippen molar-refractivity contribution in [3.05, 3.63) is 70.2 Å². The molecular weight excluding hydrogens is 301 g/mol. The van der Waals surface area contributed by atoms with Crippen LogP contribution >= 0.6 is 0 Å². The molecule has 0 unspecified atom stereocenters. The van der Waals surface area contributed by atoms with Crippen LogP contribution in [0.5, 0.6) is 0 Å². The maximum Gasteiger partial charge on any atom is 0.271 e. The van der Waals surface area contributed by atoms with Gasteiger partial charge in [-0.05, 0) is 30.3 Å². The SMILES string of the molecule is NCc1nnn(-c2cccc([N+](=O)[O-])c2)c1-c1ccc(F)cc1. The van der Waals surface area contributed by atoms with Crippen LogP contribution in [0.25, 0.3) is 16.9 Å². The number of aromatic nitrogens is 3. The fourth-order valence-corrected chi connectivity index (χ4v) is 2.27. The van der Waals surface area contributed by atoms with Crippen LogP contribution in [0.15, 0.2) is 48.5 Å². The standard InChI is InChI=1S/C15H12FN5O2/c16-11-6-4-10(5-7-11)15-14(9-17)18-19-20(15)12-2-1-3-13(8-12)21(22)23/h1-8H,9,17H2. The summed E-state index contributed by atoms with van der Waals surface area (Å²) < 4.78 is 14.6. The summed E-state index contributed by atoms with van der Waals surface area (Å²) in [6.07, 6.45) is 0. The molecule has 3 aromatic rings. The molecular formula is C15H12FN5O2. The van der Waals surface area contributed by atoms with Crippen LogP contribution < -0.4 is 5.73 Å². The Labute approximate surface area is 130 Å². The van der Waals surface area contributed by atoms with Crippen molar-refractivity contribution in [1.29, 1.82) is 0 Å². The Morgan fingerprint density at radius 2 is 1.96 bits per heavy atom. The van der Waals surface area contributed by atoms with E-state index in [9.17, 15) is 14.5 Å². The van der Waals surface area contributed by atoms with Crippen molar-refractivity contribution in [2.45, 2.75) is 6.54 Å². The summed E-state index contributed by atoms with van der Waals surface area (Å²) in [5.41, 5.74) is 7.87. The van der Waals surface area contributed by atoms with Crippen LogP contribution in [0, 0.1) is 15.9 Å². The molecule has 23 heavy (non-hydrogen) atoms. The number of hydrogen-bond acceptors (Lipinski definition) is 5. The Balaban J connectivity index is 2.17. The van der Waals surface area contributed by atoms with E-state index in [1.54, 1.807) is 24.3 Å². The van der Waals surface area contributed by atoms with Gasteiger partial charge in [0, 0.05) is 24.2 Å². The number of benzene rings is 2. The summed E-state index contributed by atoms with van der Waals surface area (Å²) in [7, 11) is 0. The largest absolute Gasteiger partial charge is 0.325 e. The molecule has 0 saturated heterocycles. The number of halogens is 1. The lowest BCUT2D eigenvalue weighted by molar-refractivity contribution is -0.384. The summed E-state index contributed by atoms with van der Waals surface area (Å²) in [4.78, 5) is 10.5. The van der Waals surface area contributed by atoms with Crippen molar-refractivity contribution in [2.24, 2.45) is 5.73 Å². The van der Waals surface area contributed by atoms with Gasteiger partial charge in [-0.2, -0.15) is 0 Å². The third-order valence-corrected chi connectivity index (χ3v) is 3.34. The van der Waals surface area contributed by atoms with Crippen LogP contribution in [-0.4, -0.2) is 19.9 Å². The normalized spacial score (nSPS) is 10.7. The van der Waals surface area contributed by atoms with E-state index in [0.29, 0.717) is 22.6 Å². The third kappa shape index (κ3) is 2.79. The average molecular weight is 313 g/mol. The molecule has 0 bridgehead atoms. The van der Waals surface area contributed by atoms with Gasteiger partial charge >= 0.3 is 0 Å². The summed E-state index contributed by atoms with van der Waals surface area (Å²) in [6, 6.07) is 11.8. The molecule has 3 rings (SSSR count). The Morgan fingerprint density at radius 1 is 1.22 bits per heavy atom. The maximum atomic E-state index is 13.1. The second kappa shape index (κ2) is 5.93. The van der Waals surface area contributed by atoms with E-state index in [1.807, 2.05) is 0 Å². The zero-order valence-corrected chi connectivity index (χ0v) is 11.9. The van der Waals surface area contributed by atoms with Gasteiger partial charge in [-0.1, -0.05) is 11.3 Å². The van der Waals surface area contributed by atoms with Gasteiger partial charge in [-0.15, -0.1) is 5.10 Å². The van der Waals surface area contributed by atoms with Crippen molar-refractivity contribution in [3.63, 3.8) is 0 Å². The molecule has 0 aliphatic heterocycles. The van der Waals surface area contributed by atoms with Gasteiger partial charge in [0.1, 0.15) is 11.5 Å². The number of nitro benzene ring substituents is 1. The zero-order chi connectivity index (χ0) is 16.4. The number of nitrogens with zero attached hydrogens (tertiary/aromatic N) is 4. The van der Waals surface area contributed by atoms with Gasteiger partial charge in [-0.25, -0.2) is 9.07 Å². The van der Waals surface area contributed by atoms with Crippen LogP contribution in [0.1, 0.15) is 5.69 Å². The number of rotatable bonds is 4. The van der Waals surface area contributed by atoms with Gasteiger partial charge in [-0.3, -0.25) is 10.1 Å². The van der Waals surface area contributed by atoms with Gasteiger partial charge in [0.25, 0.3) is 5.69 Å². The predicted molar refractivity (Wildman–Crippen MR) is 81.3 cm³/mol. The van der Waals surface area contributed by atoms with E-state index in [-0.39, 0.29) is 18.0 Å². The van der Waals surface area contributed by atoms with Gasteiger partial charge in [0.2, 0.25) is 0 Å². The first kappa shape index (κ1) is 14.8. The molecule has 0 saturated carbocycles. The Hall–Kier alpha value is -3.13. The molecule has 0 radical (unpaired) electrons. The topological polar surface area (TPSA) is 99.9 Å². The average Bonchev–Trinajstić information content (AvgIpc) is 2.99. The Morgan fingerprint density at radius 3 is 2.61 bits per heavy atom. The molecule has 7 nitrogen and oxygen atoms in total. The number of nitro groups is 1. The lowest BCUT2D eigenvalue weighted by atomic mass is 10.1. The van der Waals surface area contributed by atoms with Crippen molar-refractivity contribution in [2.75, 3.05) is 0 Å². The second-order valence-corrected chi connectivity index (χ2v) is 4.78. The number of hydrogen-bond donors (Lipinski definition) is 1. The minimum Gasteiger partial charge on any atom is -0.325 e. The maximum absolute atomic E-state index is 13.1. The molecule has 0 aliphatic carbocycles. The van der Waals surface area contributed by atoms with Crippen molar-refractivity contribution < 1.29 is 9.31 Å². The van der Waals surface area contributed by atoms with Gasteiger partial charge < -0.3 is 5.73 Å². The molecule has 1 aromatic heterocycles. The fourth-order valence-electron chi connectivity index (χ4n) is 2.27. The highest BCUT2D eigenvalue weighted by Crippen LogP contribution is 2.26. The molecule has 0 atom stereocenters. The van der Waals surface area contributed by atoms with Gasteiger partial charge in [0.05, 0.1) is 16.3 Å². The highest BCUT2D eigenvalue weighted by atomic mass is 19.1. The highest BCUT2D eigenvalue weighted by molar-refractivity contribution is 5.64. The molecule has 0 fully saturated rings. The second-order valence-electron chi connectivity index (χ2n) is 4.78. The van der Waals surface area contributed by atoms with Crippen LogP contribution in [0.2, 0.25) is 0 Å². The summed E-state index contributed by atoms with van der Waals surface area (Å²) in [6.45, 7) is 0.141. The Kier molecular flexibility index (Phi) is 3.82. The van der Waals surface area contributed by atoms with E-state index in [2.05, 4.69) is 10.3 Å². The Bertz CT molecular complexity index is 861.